The van der Waals surface area contributed by atoms with Crippen LogP contribution in [0.4, 0.5) is 8.78 Å². The second-order valence-electron chi connectivity index (χ2n) is 8.59. The molecule has 0 saturated heterocycles. The van der Waals surface area contributed by atoms with Crippen LogP contribution in [0.25, 0.3) is 0 Å². The van der Waals surface area contributed by atoms with Gasteiger partial charge in [-0.15, -0.1) is 0 Å². The first-order valence-electron chi connectivity index (χ1n) is 11.5. The van der Waals surface area contributed by atoms with E-state index in [9.17, 15) is 23.2 Å². The van der Waals surface area contributed by atoms with E-state index in [0.29, 0.717) is 5.56 Å². The largest absolute Gasteiger partial charge is 0.345 e. The van der Waals surface area contributed by atoms with Gasteiger partial charge >= 0.3 is 0 Å². The lowest BCUT2D eigenvalue weighted by Crippen LogP contribution is -2.51. The Morgan fingerprint density at radius 3 is 2.35 bits per heavy atom. The predicted molar refractivity (Wildman–Crippen MR) is 125 cm³/mol. The lowest BCUT2D eigenvalue weighted by Gasteiger charge is -2.39. The molecular formula is C26H31F2N3O3. The molecule has 0 spiro atoms. The molecule has 2 N–H and O–H groups in total. The number of benzene rings is 2. The first-order chi connectivity index (χ1) is 16.3. The van der Waals surface area contributed by atoms with Gasteiger partial charge in [-0.25, -0.2) is 4.39 Å². The van der Waals surface area contributed by atoms with E-state index in [-0.39, 0.29) is 37.6 Å². The number of likely N-dealkylation sites (N-methyl/N-ethyl adjacent to an activating group) is 1. The number of rotatable bonds is 10. The minimum Gasteiger partial charge on any atom is -0.345 e. The van der Waals surface area contributed by atoms with Crippen LogP contribution >= 0.6 is 0 Å². The highest BCUT2D eigenvalue weighted by molar-refractivity contribution is 5.93. The molecule has 0 bridgehead atoms. The van der Waals surface area contributed by atoms with Crippen LogP contribution in [-0.4, -0.2) is 48.6 Å². The maximum atomic E-state index is 13.4. The summed E-state index contributed by atoms with van der Waals surface area (Å²) in [6.07, 6.45) is -1.04. The number of hydrogen-bond acceptors (Lipinski definition) is 3. The van der Waals surface area contributed by atoms with E-state index in [4.69, 9.17) is 0 Å². The minimum atomic E-state index is -1.27. The third-order valence-electron chi connectivity index (χ3n) is 6.10. The summed E-state index contributed by atoms with van der Waals surface area (Å²) in [6, 6.07) is 15.2. The van der Waals surface area contributed by atoms with E-state index in [1.807, 2.05) is 54.6 Å². The monoisotopic (exact) mass is 471 g/mol. The van der Waals surface area contributed by atoms with Crippen LogP contribution in [0.3, 0.4) is 0 Å². The third-order valence-corrected chi connectivity index (χ3v) is 6.10. The summed E-state index contributed by atoms with van der Waals surface area (Å²) in [5, 5.41) is 5.36. The van der Waals surface area contributed by atoms with Gasteiger partial charge in [-0.2, -0.15) is 0 Å². The predicted octanol–water partition coefficient (Wildman–Crippen LogP) is 3.78. The molecule has 34 heavy (non-hydrogen) atoms. The van der Waals surface area contributed by atoms with Gasteiger partial charge in [-0.3, -0.25) is 18.8 Å². The molecule has 0 aliphatic carbocycles. The van der Waals surface area contributed by atoms with Gasteiger partial charge in [0, 0.05) is 19.9 Å². The zero-order valence-corrected chi connectivity index (χ0v) is 19.5. The van der Waals surface area contributed by atoms with Crippen molar-refractivity contribution in [1.82, 2.24) is 15.5 Å². The van der Waals surface area contributed by atoms with Gasteiger partial charge in [-0.1, -0.05) is 54.6 Å². The average Bonchev–Trinajstić information content (AvgIpc) is 2.82. The van der Waals surface area contributed by atoms with E-state index < -0.39 is 36.7 Å². The van der Waals surface area contributed by atoms with Gasteiger partial charge in [0.15, 0.2) is 0 Å². The molecule has 0 saturated carbocycles. The van der Waals surface area contributed by atoms with Gasteiger partial charge in [0.05, 0.1) is 12.7 Å². The molecule has 8 heteroatoms. The quantitative estimate of drug-likeness (QED) is 0.554. The lowest BCUT2D eigenvalue weighted by atomic mass is 9.85. The summed E-state index contributed by atoms with van der Waals surface area (Å²) in [6.45, 7) is 0.804. The molecule has 1 aliphatic heterocycles. The number of amides is 3. The minimum absolute atomic E-state index is 0.0387. The first kappa shape index (κ1) is 25.3. The summed E-state index contributed by atoms with van der Waals surface area (Å²) in [4.78, 5) is 39.9. The van der Waals surface area contributed by atoms with Gasteiger partial charge in [-0.05, 0) is 36.5 Å². The standard InChI is InChI=1S/C26H31F2N3O3/c1-17(29-22(32)14-8-11-19(28)15-16-27)25(33)30-23-20-12-6-7-13-21(20)24(31(2)26(23)34)18-9-4-3-5-10-18/h3-7,9-10,12-13,17,19,23-24H,8,11,14-16H2,1-2H3,(H,29,32)(H,30,33)/t17-,19?,23?,24?/m0/s1. The SMILES string of the molecule is C[C@H](NC(=O)CCCC(F)CCF)C(=O)NC1C(=O)N(C)C(c2ccccc2)c2ccccc21. The Bertz CT molecular complexity index is 1000. The average molecular weight is 472 g/mol. The van der Waals surface area contributed by atoms with Gasteiger partial charge in [0.25, 0.3) is 0 Å². The fourth-order valence-corrected chi connectivity index (χ4v) is 4.27. The number of nitrogens with zero attached hydrogens (tertiary/aromatic N) is 1. The highest BCUT2D eigenvalue weighted by atomic mass is 19.1. The Labute approximate surface area is 198 Å². The zero-order chi connectivity index (χ0) is 24.7. The molecule has 3 amide bonds. The van der Waals surface area contributed by atoms with Gasteiger partial charge in [0.1, 0.15) is 18.3 Å². The van der Waals surface area contributed by atoms with E-state index in [0.717, 1.165) is 11.1 Å². The maximum absolute atomic E-state index is 13.4. The number of carbonyl (C=O) groups is 3. The molecule has 0 aromatic heterocycles. The summed E-state index contributed by atoms with van der Waals surface area (Å²) >= 11 is 0. The summed E-state index contributed by atoms with van der Waals surface area (Å²) in [5.41, 5.74) is 2.61. The molecule has 3 rings (SSSR count). The first-order valence-corrected chi connectivity index (χ1v) is 11.5. The Kier molecular flexibility index (Phi) is 8.73. The molecule has 1 aliphatic rings. The smallest absolute Gasteiger partial charge is 0.250 e. The topological polar surface area (TPSA) is 78.5 Å². The van der Waals surface area contributed by atoms with Crippen molar-refractivity contribution in [2.24, 2.45) is 0 Å². The van der Waals surface area contributed by atoms with Crippen LogP contribution in [0.2, 0.25) is 0 Å². The van der Waals surface area contributed by atoms with Crippen molar-refractivity contribution in [3.63, 3.8) is 0 Å². The number of fused-ring (bicyclic) bond motifs is 1. The molecule has 0 fully saturated rings. The fraction of sp³-hybridized carbons (Fsp3) is 0.423. The van der Waals surface area contributed by atoms with Crippen molar-refractivity contribution in [2.45, 2.75) is 56.9 Å². The van der Waals surface area contributed by atoms with Crippen molar-refractivity contribution in [3.05, 3.63) is 71.3 Å². The van der Waals surface area contributed by atoms with Crippen LogP contribution in [0.5, 0.6) is 0 Å². The number of alkyl halides is 2. The molecule has 2 aromatic rings. The van der Waals surface area contributed by atoms with Crippen LogP contribution < -0.4 is 10.6 Å². The Morgan fingerprint density at radius 1 is 1.03 bits per heavy atom. The molecule has 0 radical (unpaired) electrons. The highest BCUT2D eigenvalue weighted by Crippen LogP contribution is 2.38. The lowest BCUT2D eigenvalue weighted by molar-refractivity contribution is -0.138. The second-order valence-corrected chi connectivity index (χ2v) is 8.59. The van der Waals surface area contributed by atoms with Crippen molar-refractivity contribution < 1.29 is 23.2 Å². The van der Waals surface area contributed by atoms with Crippen LogP contribution in [0.1, 0.15) is 61.4 Å². The normalized spacial score (nSPS) is 19.2. The molecule has 6 nitrogen and oxygen atoms in total. The third kappa shape index (κ3) is 5.98. The number of halogens is 2. The Morgan fingerprint density at radius 2 is 1.68 bits per heavy atom. The molecule has 1 heterocycles. The highest BCUT2D eigenvalue weighted by Gasteiger charge is 2.39. The molecule has 4 atom stereocenters. The van der Waals surface area contributed by atoms with E-state index in [1.165, 1.54) is 6.92 Å². The summed E-state index contributed by atoms with van der Waals surface area (Å²) < 4.78 is 25.5. The second kappa shape index (κ2) is 11.7. The van der Waals surface area contributed by atoms with Crippen molar-refractivity contribution in [3.8, 4) is 0 Å². The van der Waals surface area contributed by atoms with Gasteiger partial charge in [0.2, 0.25) is 17.7 Å². The summed E-state index contributed by atoms with van der Waals surface area (Å²) in [7, 11) is 1.71. The van der Waals surface area contributed by atoms with Crippen LogP contribution in [-0.2, 0) is 14.4 Å². The van der Waals surface area contributed by atoms with E-state index >= 15 is 0 Å². The summed E-state index contributed by atoms with van der Waals surface area (Å²) in [5.74, 6) is -1.14. The van der Waals surface area contributed by atoms with Crippen molar-refractivity contribution in [2.75, 3.05) is 13.7 Å². The Hall–Kier alpha value is -3.29. The number of nitrogens with one attached hydrogen (secondary N) is 2. The maximum Gasteiger partial charge on any atom is 0.250 e. The zero-order valence-electron chi connectivity index (χ0n) is 19.5. The van der Waals surface area contributed by atoms with Crippen molar-refractivity contribution in [1.29, 1.82) is 0 Å². The number of carbonyl (C=O) groups excluding carboxylic acids is 3. The van der Waals surface area contributed by atoms with E-state index in [1.54, 1.807) is 11.9 Å². The molecule has 3 unspecified atom stereocenters. The number of hydrogen-bond donors (Lipinski definition) is 2. The molecule has 2 aromatic carbocycles. The molecular weight excluding hydrogens is 440 g/mol. The van der Waals surface area contributed by atoms with Crippen molar-refractivity contribution >= 4 is 17.7 Å². The Balaban J connectivity index is 1.66. The van der Waals surface area contributed by atoms with Crippen LogP contribution in [0.15, 0.2) is 54.6 Å². The molecule has 182 valence electrons. The van der Waals surface area contributed by atoms with Crippen LogP contribution in [0, 0.1) is 0 Å². The van der Waals surface area contributed by atoms with E-state index in [2.05, 4.69) is 10.6 Å². The van der Waals surface area contributed by atoms with Gasteiger partial charge < -0.3 is 15.5 Å². The fourth-order valence-electron chi connectivity index (χ4n) is 4.27.